The summed E-state index contributed by atoms with van der Waals surface area (Å²) in [6.45, 7) is 32.6. The number of Topliss-reactive ketones (excluding diaryl/α,β-unsaturated/α-hetero) is 1. The van der Waals surface area contributed by atoms with Crippen molar-refractivity contribution in [2.45, 2.75) is 213 Å². The minimum absolute atomic E-state index is 0. The highest BCUT2D eigenvalue weighted by atomic mass is 32.1. The van der Waals surface area contributed by atoms with Crippen molar-refractivity contribution in [2.24, 2.45) is 0 Å². The van der Waals surface area contributed by atoms with Gasteiger partial charge in [0.25, 0.3) is 0 Å². The lowest BCUT2D eigenvalue weighted by molar-refractivity contribution is -0.140. The van der Waals surface area contributed by atoms with Gasteiger partial charge in [-0.05, 0) is 90.0 Å². The second kappa shape index (κ2) is 93.6. The molecule has 0 bridgehead atoms. The standard InChI is InChI=1S/C17H31N3O7.C8H14N4S.C7H17N.C6H14N2S.3C5H12.CH4.7Si/c1-3-4-5-18(11-15(22)23)6-7-19(12-16(24)25)8-9-20(10-14(2)21)13-17(26)27;1-3-4-5-9-7-10-6(2)11-8(13)12-7;1-3-5-7-8-6-4-2;1-3-4-5-8-6(9)7-2;3*1-3-5-4-2;;;;;;;;/h3-13H2,1-2H3,(H,22,23)(H,24,25)(H,26,27);3-5H2,1-2H3,(H2,9,10,11,12,13);8H,3-7H2,1-2H3;3-5H2,1-2H3,(H2,7,8,9);3*3-5H2,1-2H3;1H4;;;;;;;. The molecule has 17 nitrogen and oxygen atoms in total. The number of H-pyrrole nitrogens is 1. The Morgan fingerprint density at radius 3 is 1.16 bits per heavy atom. The largest absolute Gasteiger partial charge is 0.480 e. The monoisotopic (exact) mass is 1280 g/mol. The Hall–Kier alpha value is -1.84. The zero-order valence-electron chi connectivity index (χ0n) is 51.9. The van der Waals surface area contributed by atoms with E-state index in [1.807, 2.05) is 20.9 Å². The Bertz CT molecular complexity index is 1410. The van der Waals surface area contributed by atoms with Crippen LogP contribution in [-0.4, -0.2) is 243 Å². The van der Waals surface area contributed by atoms with Crippen LogP contribution in [0.2, 0.25) is 0 Å². The van der Waals surface area contributed by atoms with Crippen LogP contribution in [0.15, 0.2) is 0 Å². The third-order valence-corrected chi connectivity index (χ3v) is 10.2. The lowest BCUT2D eigenvalue weighted by Crippen LogP contribution is -2.44. The predicted octanol–water partition coefficient (Wildman–Crippen LogP) is 8.82. The number of aromatic amines is 1. The molecular formula is C54H116N10O7S2Si7. The van der Waals surface area contributed by atoms with Crippen molar-refractivity contribution in [3.05, 3.63) is 10.6 Å². The van der Waals surface area contributed by atoms with Crippen LogP contribution in [0.5, 0.6) is 0 Å². The third kappa shape index (κ3) is 108. The molecule has 1 aromatic rings. The van der Waals surface area contributed by atoms with Gasteiger partial charge in [0, 0.05) is 123 Å². The molecule has 0 unspecified atom stereocenters. The number of aliphatic carboxylic acids is 3. The Labute approximate surface area is 533 Å². The summed E-state index contributed by atoms with van der Waals surface area (Å²) in [6.07, 6.45) is 22.6. The lowest BCUT2D eigenvalue weighted by Gasteiger charge is -2.28. The second-order valence-corrected chi connectivity index (χ2v) is 18.1. The molecule has 0 aliphatic carbocycles. The molecule has 1 aromatic heterocycles. The number of aromatic nitrogens is 3. The number of nitrogens with zero attached hydrogens (tertiary/aromatic N) is 5. The highest BCUT2D eigenvalue weighted by molar-refractivity contribution is 7.80. The van der Waals surface area contributed by atoms with E-state index in [-0.39, 0.29) is 129 Å². The van der Waals surface area contributed by atoms with E-state index in [0.717, 1.165) is 49.7 Å². The van der Waals surface area contributed by atoms with Gasteiger partial charge in [0.1, 0.15) is 11.6 Å². The SMILES string of the molecule is C.CCCCC.CCCCC.CCCCC.CCCCN(CCN(CCN(CC(C)=O)CC(=O)O)CC(=O)O)CC(=O)O.CCCCNC(=S)NC.CCCCNCCC.CCCCNc1nc(=S)nc(C)[nH]1.[Si].[Si].[Si].[Si].[Si].[Si].[Si]. The van der Waals surface area contributed by atoms with Crippen molar-refractivity contribution in [1.82, 2.24) is 45.6 Å². The van der Waals surface area contributed by atoms with Gasteiger partial charge in [0.2, 0.25) is 10.7 Å². The Morgan fingerprint density at radius 2 is 0.838 bits per heavy atom. The number of aryl methyl sites for hydroxylation is 1. The summed E-state index contributed by atoms with van der Waals surface area (Å²) in [5.41, 5.74) is 0. The lowest BCUT2D eigenvalue weighted by atomic mass is 10.3. The van der Waals surface area contributed by atoms with Gasteiger partial charge in [0.05, 0.1) is 26.2 Å². The minimum atomic E-state index is -1.06. The topological polar surface area (TPSA) is 228 Å². The number of hydrogen-bond acceptors (Lipinski definition) is 13. The number of hydrogen-bond donors (Lipinski definition) is 8. The molecule has 8 N–H and O–H groups in total. The zero-order valence-corrected chi connectivity index (χ0v) is 60.6. The van der Waals surface area contributed by atoms with Crippen molar-refractivity contribution in [3.8, 4) is 0 Å². The maximum Gasteiger partial charge on any atom is 0.317 e. The van der Waals surface area contributed by atoms with Crippen LogP contribution in [0.1, 0.15) is 212 Å². The molecule has 0 atom stereocenters. The molecule has 26 heteroatoms. The van der Waals surface area contributed by atoms with Crippen LogP contribution in [0.3, 0.4) is 0 Å². The number of anilines is 1. The van der Waals surface area contributed by atoms with Crippen molar-refractivity contribution in [2.75, 3.05) is 97.4 Å². The fourth-order valence-corrected chi connectivity index (χ4v) is 6.01. The van der Waals surface area contributed by atoms with Gasteiger partial charge in [0.15, 0.2) is 5.11 Å². The summed E-state index contributed by atoms with van der Waals surface area (Å²) in [6, 6.07) is 0. The molecule has 0 spiro atoms. The molecule has 80 heavy (non-hydrogen) atoms. The first-order chi connectivity index (χ1) is 34.3. The number of ketones is 1. The molecule has 0 aliphatic rings. The van der Waals surface area contributed by atoms with Crippen molar-refractivity contribution < 1.29 is 34.5 Å². The van der Waals surface area contributed by atoms with Crippen molar-refractivity contribution in [1.29, 1.82) is 0 Å². The fraction of sp³-hybridized carbons (Fsp3) is 0.852. The summed E-state index contributed by atoms with van der Waals surface area (Å²) < 4.78 is 0.384. The van der Waals surface area contributed by atoms with E-state index in [0.29, 0.717) is 30.4 Å². The average molecular weight is 1280 g/mol. The Morgan fingerprint density at radius 1 is 0.487 bits per heavy atom. The van der Waals surface area contributed by atoms with Gasteiger partial charge < -0.3 is 41.6 Å². The van der Waals surface area contributed by atoms with Gasteiger partial charge in [-0.15, -0.1) is 0 Å². The number of carbonyl (C=O) groups is 4. The molecule has 0 aromatic carbocycles. The number of carbonyl (C=O) groups excluding carboxylic acids is 1. The maximum absolute atomic E-state index is 11.3. The number of thiocarbonyl (C=S) groups is 1. The number of carboxylic acid groups (broad SMARTS) is 3. The first-order valence-corrected chi connectivity index (χ1v) is 28.3. The van der Waals surface area contributed by atoms with E-state index in [9.17, 15) is 19.2 Å². The smallest absolute Gasteiger partial charge is 0.317 e. The number of carboxylic acids is 3. The molecule has 0 amide bonds. The summed E-state index contributed by atoms with van der Waals surface area (Å²) >= 11 is 9.73. The summed E-state index contributed by atoms with van der Waals surface area (Å²) in [5, 5.41) is 40.1. The first-order valence-electron chi connectivity index (χ1n) is 27.5. The molecule has 1 rings (SSSR count). The molecule has 464 valence electrons. The van der Waals surface area contributed by atoms with E-state index < -0.39 is 17.9 Å². The van der Waals surface area contributed by atoms with Gasteiger partial charge in [-0.25, -0.2) is 4.98 Å². The maximum atomic E-state index is 11.3. The molecule has 0 saturated carbocycles. The van der Waals surface area contributed by atoms with E-state index >= 15 is 0 Å². The quantitative estimate of drug-likeness (QED) is 0.0180. The summed E-state index contributed by atoms with van der Waals surface area (Å²) in [4.78, 5) is 60.1. The fourth-order valence-electron chi connectivity index (χ4n) is 5.68. The van der Waals surface area contributed by atoms with Crippen LogP contribution in [0.25, 0.3) is 0 Å². The van der Waals surface area contributed by atoms with Gasteiger partial charge >= 0.3 is 17.9 Å². The van der Waals surface area contributed by atoms with Crippen LogP contribution in [0, 0.1) is 11.7 Å². The summed E-state index contributed by atoms with van der Waals surface area (Å²) in [5.74, 6) is -1.69. The molecule has 0 aliphatic heterocycles. The molecule has 28 radical (unpaired) electrons. The van der Waals surface area contributed by atoms with Gasteiger partial charge in [-0.3, -0.25) is 33.9 Å². The normalized spacial score (nSPS) is 8.96. The molecule has 1 heterocycles. The zero-order chi connectivity index (χ0) is 56.2. The third-order valence-electron chi connectivity index (χ3n) is 9.71. The van der Waals surface area contributed by atoms with E-state index in [4.69, 9.17) is 39.8 Å². The van der Waals surface area contributed by atoms with Gasteiger partial charge in [-0.2, -0.15) is 4.98 Å². The van der Waals surface area contributed by atoms with E-state index in [1.54, 1.807) is 9.80 Å². The van der Waals surface area contributed by atoms with Crippen LogP contribution >= 0.6 is 24.4 Å². The van der Waals surface area contributed by atoms with Gasteiger partial charge in [-0.1, -0.05) is 167 Å². The highest BCUT2D eigenvalue weighted by Crippen LogP contribution is 2.01. The molecular weight excluding hydrogens is 1160 g/mol. The van der Waals surface area contributed by atoms with Crippen molar-refractivity contribution in [3.63, 3.8) is 0 Å². The molecule has 0 fully saturated rings. The van der Waals surface area contributed by atoms with E-state index in [2.05, 4.69) is 105 Å². The number of rotatable bonds is 35. The van der Waals surface area contributed by atoms with Crippen LogP contribution in [-0.2, 0) is 19.2 Å². The Kier molecular flexibility index (Phi) is 132. The molecule has 0 saturated heterocycles. The first kappa shape index (κ1) is 113. The van der Waals surface area contributed by atoms with Crippen LogP contribution in [0.4, 0.5) is 5.95 Å². The number of nitrogens with one attached hydrogen (secondary N) is 5. The Balaban J connectivity index is -0.0000000580. The minimum Gasteiger partial charge on any atom is -0.480 e. The average Bonchev–Trinajstić information content (AvgIpc) is 3.31. The van der Waals surface area contributed by atoms with Crippen LogP contribution < -0.4 is 21.3 Å². The highest BCUT2D eigenvalue weighted by Gasteiger charge is 2.17. The van der Waals surface area contributed by atoms with E-state index in [1.165, 1.54) is 115 Å². The second-order valence-electron chi connectivity index (χ2n) is 17.4. The number of unbranched alkanes of at least 4 members (excludes halogenated alkanes) is 10. The predicted molar refractivity (Wildman–Crippen MR) is 358 cm³/mol. The van der Waals surface area contributed by atoms with Crippen molar-refractivity contribution >= 4 is 136 Å². The summed E-state index contributed by atoms with van der Waals surface area (Å²) in [7, 11) is 1.82.